The molecule has 0 saturated heterocycles. The third kappa shape index (κ3) is 2.93. The van der Waals surface area contributed by atoms with Crippen molar-refractivity contribution in [2.75, 3.05) is 19.1 Å². The van der Waals surface area contributed by atoms with Gasteiger partial charge in [0.1, 0.15) is 0 Å². The SMILES string of the molecule is COc1nc(NN)nc(OCCC2CC2)n1. The van der Waals surface area contributed by atoms with Gasteiger partial charge in [-0.2, -0.15) is 9.97 Å². The number of nitrogens with two attached hydrogens (primary N) is 1. The van der Waals surface area contributed by atoms with Gasteiger partial charge in [0.05, 0.1) is 13.7 Å². The maximum atomic E-state index is 5.40. The standard InChI is InChI=1S/C9H15N5O2/c1-15-8-11-7(14-10)12-9(13-8)16-5-4-6-2-3-6/h6H,2-5,10H2,1H3,(H,11,12,13,14). The van der Waals surface area contributed by atoms with Gasteiger partial charge in [-0.1, -0.05) is 12.8 Å². The van der Waals surface area contributed by atoms with E-state index in [0.29, 0.717) is 6.61 Å². The first kappa shape index (κ1) is 10.9. The molecule has 0 aromatic carbocycles. The Morgan fingerprint density at radius 1 is 1.31 bits per heavy atom. The summed E-state index contributed by atoms with van der Waals surface area (Å²) in [5.74, 6) is 6.26. The summed E-state index contributed by atoms with van der Waals surface area (Å²) >= 11 is 0. The van der Waals surface area contributed by atoms with Crippen LogP contribution in [0.2, 0.25) is 0 Å². The smallest absolute Gasteiger partial charge is 0.324 e. The minimum atomic E-state index is 0.185. The molecule has 0 spiro atoms. The van der Waals surface area contributed by atoms with Crippen LogP contribution >= 0.6 is 0 Å². The van der Waals surface area contributed by atoms with Crippen LogP contribution < -0.4 is 20.7 Å². The van der Waals surface area contributed by atoms with Gasteiger partial charge in [-0.25, -0.2) is 5.84 Å². The number of rotatable bonds is 6. The molecule has 0 aliphatic heterocycles. The zero-order valence-corrected chi connectivity index (χ0v) is 9.14. The second-order valence-electron chi connectivity index (χ2n) is 3.65. The van der Waals surface area contributed by atoms with Gasteiger partial charge in [0, 0.05) is 0 Å². The molecule has 1 aromatic heterocycles. The van der Waals surface area contributed by atoms with Crippen LogP contribution in [0.5, 0.6) is 12.0 Å². The Morgan fingerprint density at radius 2 is 2.06 bits per heavy atom. The summed E-state index contributed by atoms with van der Waals surface area (Å²) in [5, 5.41) is 0. The van der Waals surface area contributed by atoms with Crippen molar-refractivity contribution in [2.45, 2.75) is 19.3 Å². The van der Waals surface area contributed by atoms with E-state index in [4.69, 9.17) is 15.3 Å². The maximum Gasteiger partial charge on any atom is 0.324 e. The van der Waals surface area contributed by atoms with E-state index in [0.717, 1.165) is 12.3 Å². The van der Waals surface area contributed by atoms with Crippen molar-refractivity contribution in [1.82, 2.24) is 15.0 Å². The molecule has 0 unspecified atom stereocenters. The van der Waals surface area contributed by atoms with E-state index in [2.05, 4.69) is 20.4 Å². The highest BCUT2D eigenvalue weighted by Gasteiger charge is 2.21. The van der Waals surface area contributed by atoms with Crippen molar-refractivity contribution in [3.63, 3.8) is 0 Å². The van der Waals surface area contributed by atoms with Crippen LogP contribution in [-0.2, 0) is 0 Å². The molecule has 2 rings (SSSR count). The van der Waals surface area contributed by atoms with Crippen LogP contribution in [0.15, 0.2) is 0 Å². The highest BCUT2D eigenvalue weighted by Crippen LogP contribution is 2.32. The molecule has 88 valence electrons. The lowest BCUT2D eigenvalue weighted by molar-refractivity contribution is 0.270. The molecule has 0 amide bonds. The maximum absolute atomic E-state index is 5.40. The molecule has 7 nitrogen and oxygen atoms in total. The Bertz CT molecular complexity index is 334. The van der Waals surface area contributed by atoms with E-state index in [-0.39, 0.29) is 18.0 Å². The Labute approximate surface area is 93.4 Å². The van der Waals surface area contributed by atoms with Gasteiger partial charge in [-0.3, -0.25) is 5.43 Å². The largest absolute Gasteiger partial charge is 0.467 e. The molecule has 16 heavy (non-hydrogen) atoms. The van der Waals surface area contributed by atoms with E-state index in [1.54, 1.807) is 0 Å². The number of hydrogen-bond donors (Lipinski definition) is 2. The summed E-state index contributed by atoms with van der Waals surface area (Å²) in [5.41, 5.74) is 2.33. The third-order valence-corrected chi connectivity index (χ3v) is 2.36. The molecular weight excluding hydrogens is 210 g/mol. The van der Waals surface area contributed by atoms with Crippen LogP contribution in [0.3, 0.4) is 0 Å². The average Bonchev–Trinajstić information content (AvgIpc) is 3.12. The molecule has 1 fully saturated rings. The molecule has 7 heteroatoms. The number of nitrogen functional groups attached to an aromatic ring is 1. The average molecular weight is 225 g/mol. The number of hydrogen-bond acceptors (Lipinski definition) is 7. The minimum Gasteiger partial charge on any atom is -0.467 e. The first-order valence-corrected chi connectivity index (χ1v) is 5.21. The van der Waals surface area contributed by atoms with Crippen molar-refractivity contribution in [1.29, 1.82) is 0 Å². The topological polar surface area (TPSA) is 95.2 Å². The fourth-order valence-corrected chi connectivity index (χ4v) is 1.28. The zero-order valence-electron chi connectivity index (χ0n) is 9.14. The van der Waals surface area contributed by atoms with Gasteiger partial charge in [0.2, 0.25) is 5.95 Å². The van der Waals surface area contributed by atoms with Crippen LogP contribution in [0, 0.1) is 5.92 Å². The third-order valence-electron chi connectivity index (χ3n) is 2.36. The van der Waals surface area contributed by atoms with Crippen molar-refractivity contribution >= 4 is 5.95 Å². The lowest BCUT2D eigenvalue weighted by atomic mass is 10.3. The summed E-state index contributed by atoms with van der Waals surface area (Å²) in [6.45, 7) is 0.613. The van der Waals surface area contributed by atoms with Gasteiger partial charge in [0.25, 0.3) is 0 Å². The normalized spacial score (nSPS) is 14.6. The van der Waals surface area contributed by atoms with Gasteiger partial charge >= 0.3 is 12.0 Å². The number of nitrogens with one attached hydrogen (secondary N) is 1. The van der Waals surface area contributed by atoms with Crippen molar-refractivity contribution in [3.05, 3.63) is 0 Å². The summed E-state index contributed by atoms with van der Waals surface area (Å²) in [4.78, 5) is 11.8. The van der Waals surface area contributed by atoms with E-state index < -0.39 is 0 Å². The van der Waals surface area contributed by atoms with Crippen LogP contribution in [0.1, 0.15) is 19.3 Å². The second kappa shape index (κ2) is 4.93. The Morgan fingerprint density at radius 3 is 2.69 bits per heavy atom. The van der Waals surface area contributed by atoms with E-state index >= 15 is 0 Å². The highest BCUT2D eigenvalue weighted by atomic mass is 16.5. The molecule has 1 saturated carbocycles. The van der Waals surface area contributed by atoms with Crippen molar-refractivity contribution in [3.8, 4) is 12.0 Å². The van der Waals surface area contributed by atoms with E-state index in [1.807, 2.05) is 0 Å². The minimum absolute atomic E-state index is 0.185. The highest BCUT2D eigenvalue weighted by molar-refractivity contribution is 5.25. The summed E-state index contributed by atoms with van der Waals surface area (Å²) in [6.07, 6.45) is 3.65. The quantitative estimate of drug-likeness (QED) is 0.532. The van der Waals surface area contributed by atoms with Crippen LogP contribution in [0.25, 0.3) is 0 Å². The van der Waals surface area contributed by atoms with Crippen molar-refractivity contribution < 1.29 is 9.47 Å². The predicted octanol–water partition coefficient (Wildman–Crippen LogP) is 0.345. The van der Waals surface area contributed by atoms with Gasteiger partial charge in [0.15, 0.2) is 0 Å². The lowest BCUT2D eigenvalue weighted by Gasteiger charge is -2.06. The Balaban J connectivity index is 1.94. The first-order chi connectivity index (χ1) is 7.81. The van der Waals surface area contributed by atoms with E-state index in [9.17, 15) is 0 Å². The molecule has 1 aliphatic carbocycles. The molecular formula is C9H15N5O2. The van der Waals surface area contributed by atoms with Crippen molar-refractivity contribution in [2.24, 2.45) is 11.8 Å². The van der Waals surface area contributed by atoms with Gasteiger partial charge < -0.3 is 9.47 Å². The zero-order chi connectivity index (χ0) is 11.4. The molecule has 0 bridgehead atoms. The molecule has 0 radical (unpaired) electrons. The number of anilines is 1. The lowest BCUT2D eigenvalue weighted by Crippen LogP contribution is -2.13. The molecule has 3 N–H and O–H groups in total. The number of nitrogens with zero attached hydrogens (tertiary/aromatic N) is 3. The monoisotopic (exact) mass is 225 g/mol. The summed E-state index contributed by atoms with van der Waals surface area (Å²) in [6, 6.07) is 0.421. The number of hydrazine groups is 1. The Kier molecular flexibility index (Phi) is 3.35. The number of aromatic nitrogens is 3. The fourth-order valence-electron chi connectivity index (χ4n) is 1.28. The first-order valence-electron chi connectivity index (χ1n) is 5.21. The number of ether oxygens (including phenoxy) is 2. The van der Waals surface area contributed by atoms with Crippen LogP contribution in [-0.4, -0.2) is 28.7 Å². The molecule has 0 atom stereocenters. The molecule has 1 aromatic rings. The van der Waals surface area contributed by atoms with Gasteiger partial charge in [-0.15, -0.1) is 4.98 Å². The van der Waals surface area contributed by atoms with E-state index in [1.165, 1.54) is 20.0 Å². The van der Waals surface area contributed by atoms with Gasteiger partial charge in [-0.05, 0) is 12.3 Å². The number of methoxy groups -OCH3 is 1. The fraction of sp³-hybridized carbons (Fsp3) is 0.667. The predicted molar refractivity (Wildman–Crippen MR) is 57.0 cm³/mol. The molecule has 1 heterocycles. The summed E-state index contributed by atoms with van der Waals surface area (Å²) in [7, 11) is 1.48. The van der Waals surface area contributed by atoms with Crippen LogP contribution in [0.4, 0.5) is 5.95 Å². The second-order valence-corrected chi connectivity index (χ2v) is 3.65. The Hall–Kier alpha value is -1.63. The molecule has 1 aliphatic rings. The summed E-state index contributed by atoms with van der Waals surface area (Å²) < 4.78 is 10.3.